The minimum absolute atomic E-state index is 0.0407. The van der Waals surface area contributed by atoms with Gasteiger partial charge in [-0.1, -0.05) is 0 Å². The fourth-order valence-corrected chi connectivity index (χ4v) is 2.08. The molecule has 1 heterocycles. The molecule has 0 aliphatic rings. The smallest absolute Gasteiger partial charge is 0.269 e. The number of halogens is 2. The van der Waals surface area contributed by atoms with E-state index in [0.29, 0.717) is 10.0 Å². The molecule has 0 amide bonds. The van der Waals surface area contributed by atoms with Gasteiger partial charge in [-0.2, -0.15) is 4.98 Å². The molecule has 0 radical (unpaired) electrons. The van der Waals surface area contributed by atoms with E-state index in [1.807, 2.05) is 0 Å². The molecule has 0 saturated heterocycles. The van der Waals surface area contributed by atoms with E-state index in [1.54, 1.807) is 6.07 Å². The summed E-state index contributed by atoms with van der Waals surface area (Å²) in [6.45, 7) is 0. The van der Waals surface area contributed by atoms with E-state index in [2.05, 4.69) is 41.8 Å². The Hall–Kier alpha value is -1.54. The lowest BCUT2D eigenvalue weighted by Crippen LogP contribution is -2.09. The van der Waals surface area contributed by atoms with E-state index >= 15 is 0 Å². The standard InChI is InChI=1S/C11H8Br2N2O4/c1-19-6-3-4(2-5(12)8(6)16)9-14-10(17)7(13)11(18)15-9/h2-3,16H,1H3,(H2,14,15,17,18). The van der Waals surface area contributed by atoms with E-state index in [0.717, 1.165) is 0 Å². The predicted molar refractivity (Wildman–Crippen MR) is 75.6 cm³/mol. The highest BCUT2D eigenvalue weighted by molar-refractivity contribution is 9.10. The van der Waals surface area contributed by atoms with Crippen LogP contribution < -0.4 is 10.3 Å². The molecule has 0 aliphatic heterocycles. The van der Waals surface area contributed by atoms with Crippen LogP contribution in [-0.4, -0.2) is 27.3 Å². The Kier molecular flexibility index (Phi) is 3.81. The number of rotatable bonds is 2. The van der Waals surface area contributed by atoms with Crippen LogP contribution in [0.25, 0.3) is 11.4 Å². The molecule has 1 aromatic carbocycles. The summed E-state index contributed by atoms with van der Waals surface area (Å²) in [4.78, 5) is 17.9. The van der Waals surface area contributed by atoms with Crippen LogP contribution in [0, 0.1) is 0 Å². The molecule has 0 spiro atoms. The van der Waals surface area contributed by atoms with Crippen LogP contribution in [0.4, 0.5) is 0 Å². The van der Waals surface area contributed by atoms with Crippen molar-refractivity contribution < 1.29 is 14.9 Å². The lowest BCUT2D eigenvalue weighted by Gasteiger charge is -2.08. The van der Waals surface area contributed by atoms with Gasteiger partial charge in [0.05, 0.1) is 11.6 Å². The molecule has 100 valence electrons. The molecule has 0 atom stereocenters. The summed E-state index contributed by atoms with van der Waals surface area (Å²) in [5, 5.41) is 19.2. The number of nitrogens with one attached hydrogen (secondary N) is 1. The maximum atomic E-state index is 11.5. The van der Waals surface area contributed by atoms with Crippen molar-refractivity contribution in [2.24, 2.45) is 0 Å². The molecule has 2 aromatic rings. The maximum Gasteiger partial charge on any atom is 0.269 e. The van der Waals surface area contributed by atoms with Gasteiger partial charge in [0.1, 0.15) is 10.3 Å². The second kappa shape index (κ2) is 5.22. The Morgan fingerprint density at radius 1 is 1.32 bits per heavy atom. The molecule has 2 rings (SSSR count). The lowest BCUT2D eigenvalue weighted by molar-refractivity contribution is 0.372. The van der Waals surface area contributed by atoms with Gasteiger partial charge in [0.2, 0.25) is 5.88 Å². The zero-order chi connectivity index (χ0) is 14.2. The summed E-state index contributed by atoms with van der Waals surface area (Å²) in [6.07, 6.45) is 0. The van der Waals surface area contributed by atoms with Gasteiger partial charge in [-0.05, 0) is 44.0 Å². The molecule has 0 saturated carbocycles. The van der Waals surface area contributed by atoms with Crippen LogP contribution in [0.5, 0.6) is 17.4 Å². The minimum atomic E-state index is -0.509. The van der Waals surface area contributed by atoms with Gasteiger partial charge in [-0.15, -0.1) is 0 Å². The largest absolute Gasteiger partial charge is 0.503 e. The summed E-state index contributed by atoms with van der Waals surface area (Å²) >= 11 is 6.07. The molecule has 0 aliphatic carbocycles. The van der Waals surface area contributed by atoms with Crippen LogP contribution >= 0.6 is 31.9 Å². The second-order valence-corrected chi connectivity index (χ2v) is 5.21. The van der Waals surface area contributed by atoms with E-state index < -0.39 is 11.4 Å². The monoisotopic (exact) mass is 390 g/mol. The highest BCUT2D eigenvalue weighted by atomic mass is 79.9. The minimum Gasteiger partial charge on any atom is -0.503 e. The number of phenolic OH excluding ortho intramolecular Hbond substituents is 1. The Labute approximate surface area is 124 Å². The number of phenols is 1. The number of aromatic nitrogens is 2. The van der Waals surface area contributed by atoms with Crippen molar-refractivity contribution in [2.45, 2.75) is 0 Å². The first kappa shape index (κ1) is 13.9. The maximum absolute atomic E-state index is 11.5. The molecule has 0 unspecified atom stereocenters. The summed E-state index contributed by atoms with van der Waals surface area (Å²) in [7, 11) is 1.40. The van der Waals surface area contributed by atoms with Gasteiger partial charge in [0.25, 0.3) is 5.56 Å². The first-order chi connectivity index (χ1) is 8.93. The zero-order valence-electron chi connectivity index (χ0n) is 9.57. The number of methoxy groups -OCH3 is 1. The molecule has 8 heteroatoms. The number of hydrogen-bond donors (Lipinski definition) is 3. The molecule has 19 heavy (non-hydrogen) atoms. The van der Waals surface area contributed by atoms with Crippen molar-refractivity contribution >= 4 is 31.9 Å². The van der Waals surface area contributed by atoms with Crippen LogP contribution in [0.1, 0.15) is 0 Å². The van der Waals surface area contributed by atoms with E-state index in [9.17, 15) is 15.0 Å². The number of hydrogen-bond acceptors (Lipinski definition) is 5. The van der Waals surface area contributed by atoms with Crippen molar-refractivity contribution in [1.82, 2.24) is 9.97 Å². The third-order valence-electron chi connectivity index (χ3n) is 2.37. The molecule has 0 fully saturated rings. The van der Waals surface area contributed by atoms with Crippen molar-refractivity contribution in [2.75, 3.05) is 7.11 Å². The summed E-state index contributed by atoms with van der Waals surface area (Å²) in [6, 6.07) is 3.04. The van der Waals surface area contributed by atoms with Crippen LogP contribution in [0.2, 0.25) is 0 Å². The van der Waals surface area contributed by atoms with Gasteiger partial charge in [0.15, 0.2) is 11.5 Å². The fraction of sp³-hybridized carbons (Fsp3) is 0.0909. The van der Waals surface area contributed by atoms with Crippen LogP contribution in [0.3, 0.4) is 0 Å². The van der Waals surface area contributed by atoms with E-state index in [-0.39, 0.29) is 21.8 Å². The number of aromatic amines is 1. The highest BCUT2D eigenvalue weighted by Crippen LogP contribution is 2.37. The zero-order valence-corrected chi connectivity index (χ0v) is 12.7. The summed E-state index contributed by atoms with van der Waals surface area (Å²) in [5.74, 6) is -0.101. The molecule has 3 N–H and O–H groups in total. The molecule has 1 aromatic heterocycles. The predicted octanol–water partition coefficient (Wildman–Crippen LogP) is 2.38. The van der Waals surface area contributed by atoms with Crippen LogP contribution in [-0.2, 0) is 0 Å². The van der Waals surface area contributed by atoms with Crippen molar-refractivity contribution in [3.63, 3.8) is 0 Å². The van der Waals surface area contributed by atoms with Crippen molar-refractivity contribution in [3.8, 4) is 28.8 Å². The average Bonchev–Trinajstić information content (AvgIpc) is 2.38. The SMILES string of the molecule is COc1cc(-c2nc(O)c(Br)c(=O)[nH]2)cc(Br)c1O. The topological polar surface area (TPSA) is 95.4 Å². The summed E-state index contributed by atoms with van der Waals surface area (Å²) < 4.78 is 5.34. The molecular weight excluding hydrogens is 384 g/mol. The molecular formula is C11H8Br2N2O4. The van der Waals surface area contributed by atoms with Crippen LogP contribution in [0.15, 0.2) is 25.9 Å². The van der Waals surface area contributed by atoms with Crippen molar-refractivity contribution in [3.05, 3.63) is 31.4 Å². The Morgan fingerprint density at radius 2 is 2.00 bits per heavy atom. The van der Waals surface area contributed by atoms with Gasteiger partial charge in [0, 0.05) is 5.56 Å². The third kappa shape index (κ3) is 2.59. The first-order valence-electron chi connectivity index (χ1n) is 4.99. The molecule has 0 bridgehead atoms. The Balaban J connectivity index is 2.66. The highest BCUT2D eigenvalue weighted by Gasteiger charge is 2.14. The number of nitrogens with zero attached hydrogens (tertiary/aromatic N) is 1. The first-order valence-corrected chi connectivity index (χ1v) is 6.58. The van der Waals surface area contributed by atoms with E-state index in [1.165, 1.54) is 13.2 Å². The normalized spacial score (nSPS) is 10.5. The van der Waals surface area contributed by atoms with Gasteiger partial charge < -0.3 is 19.9 Å². The summed E-state index contributed by atoms with van der Waals surface area (Å²) in [5.41, 5.74) is -0.0351. The lowest BCUT2D eigenvalue weighted by atomic mass is 10.2. The number of benzene rings is 1. The molecule has 6 nitrogen and oxygen atoms in total. The Bertz CT molecular complexity index is 700. The quantitative estimate of drug-likeness (QED) is 0.730. The number of aromatic hydroxyl groups is 2. The Morgan fingerprint density at radius 3 is 2.58 bits per heavy atom. The van der Waals surface area contributed by atoms with Gasteiger partial charge in [-0.3, -0.25) is 4.79 Å². The van der Waals surface area contributed by atoms with Gasteiger partial charge >= 0.3 is 0 Å². The number of H-pyrrole nitrogens is 1. The second-order valence-electron chi connectivity index (χ2n) is 3.56. The van der Waals surface area contributed by atoms with E-state index in [4.69, 9.17) is 4.74 Å². The third-order valence-corrected chi connectivity index (χ3v) is 3.69. The van der Waals surface area contributed by atoms with Gasteiger partial charge in [-0.25, -0.2) is 0 Å². The van der Waals surface area contributed by atoms with Crippen molar-refractivity contribution in [1.29, 1.82) is 0 Å². The average molecular weight is 392 g/mol. The number of ether oxygens (including phenoxy) is 1. The fourth-order valence-electron chi connectivity index (χ4n) is 1.45.